The summed E-state index contributed by atoms with van der Waals surface area (Å²) < 4.78 is 33.7. The Morgan fingerprint density at radius 1 is 1.19 bits per heavy atom. The molecule has 0 atom stereocenters. The smallest absolute Gasteiger partial charge is 0.233 e. The molecule has 1 amide bonds. The van der Waals surface area contributed by atoms with Crippen molar-refractivity contribution in [1.82, 2.24) is 9.88 Å². The van der Waals surface area contributed by atoms with Crippen LogP contribution in [0.5, 0.6) is 0 Å². The molecule has 1 aliphatic rings. The fourth-order valence-electron chi connectivity index (χ4n) is 3.91. The van der Waals surface area contributed by atoms with Crippen molar-refractivity contribution in [2.45, 2.75) is 26.7 Å². The van der Waals surface area contributed by atoms with Gasteiger partial charge in [0.1, 0.15) is 11.3 Å². The van der Waals surface area contributed by atoms with E-state index in [9.17, 15) is 13.6 Å². The van der Waals surface area contributed by atoms with E-state index in [1.807, 2.05) is 32.0 Å². The number of amides is 1. The minimum absolute atomic E-state index is 0.0967. The number of thiazole rings is 1. The van der Waals surface area contributed by atoms with Crippen LogP contribution in [0.15, 0.2) is 30.3 Å². The molecule has 3 aromatic rings. The van der Waals surface area contributed by atoms with Crippen LogP contribution in [0.2, 0.25) is 0 Å². The van der Waals surface area contributed by atoms with E-state index >= 15 is 0 Å². The van der Waals surface area contributed by atoms with Crippen LogP contribution in [0.1, 0.15) is 23.1 Å². The number of hydrogen-bond donors (Lipinski definition) is 0. The summed E-state index contributed by atoms with van der Waals surface area (Å²) in [7, 11) is 0. The lowest BCUT2D eigenvalue weighted by atomic mass is 10.0. The van der Waals surface area contributed by atoms with Crippen molar-refractivity contribution in [2.24, 2.45) is 0 Å². The number of hydrogen-bond acceptors (Lipinski definition) is 5. The van der Waals surface area contributed by atoms with E-state index in [0.29, 0.717) is 16.4 Å². The largest absolute Gasteiger partial charge is 0.379 e. The maximum absolute atomic E-state index is 14.2. The lowest BCUT2D eigenvalue weighted by Crippen LogP contribution is -2.39. The number of aryl methyl sites for hydroxylation is 2. The Kier molecular flexibility index (Phi) is 7.13. The predicted molar refractivity (Wildman–Crippen MR) is 123 cm³/mol. The molecule has 0 bridgehead atoms. The van der Waals surface area contributed by atoms with E-state index in [1.165, 1.54) is 6.07 Å². The highest BCUT2D eigenvalue weighted by Gasteiger charge is 2.22. The lowest BCUT2D eigenvalue weighted by molar-refractivity contribution is -0.118. The summed E-state index contributed by atoms with van der Waals surface area (Å²) in [5, 5.41) is 0.404. The summed E-state index contributed by atoms with van der Waals surface area (Å²) in [6, 6.07) is 8.14. The van der Waals surface area contributed by atoms with Crippen molar-refractivity contribution in [3.63, 3.8) is 0 Å². The fraction of sp³-hybridized carbons (Fsp3) is 0.417. The van der Waals surface area contributed by atoms with E-state index in [2.05, 4.69) is 9.88 Å². The summed E-state index contributed by atoms with van der Waals surface area (Å²) in [6.45, 7) is 8.48. The molecular weight excluding hydrogens is 432 g/mol. The molecule has 2 aromatic carbocycles. The normalized spacial score (nSPS) is 14.8. The molecule has 0 saturated carbocycles. The summed E-state index contributed by atoms with van der Waals surface area (Å²) in [4.78, 5) is 21.7. The van der Waals surface area contributed by atoms with Crippen LogP contribution in [-0.2, 0) is 16.0 Å². The molecule has 0 N–H and O–H groups in total. The lowest BCUT2D eigenvalue weighted by Gasteiger charge is -2.27. The number of ether oxygens (including phenoxy) is 1. The predicted octanol–water partition coefficient (Wildman–Crippen LogP) is 4.49. The van der Waals surface area contributed by atoms with Crippen LogP contribution in [0.25, 0.3) is 10.2 Å². The van der Waals surface area contributed by atoms with E-state index in [1.54, 1.807) is 4.90 Å². The molecule has 0 aliphatic carbocycles. The van der Waals surface area contributed by atoms with Gasteiger partial charge < -0.3 is 4.74 Å². The summed E-state index contributed by atoms with van der Waals surface area (Å²) in [6.07, 6.45) is 0.989. The average Bonchev–Trinajstić information content (AvgIpc) is 3.18. The molecule has 8 heteroatoms. The fourth-order valence-corrected chi connectivity index (χ4v) is 4.96. The van der Waals surface area contributed by atoms with Crippen LogP contribution >= 0.6 is 11.3 Å². The maximum Gasteiger partial charge on any atom is 0.233 e. The third kappa shape index (κ3) is 5.31. The second kappa shape index (κ2) is 10.0. The number of anilines is 1. The van der Waals surface area contributed by atoms with Gasteiger partial charge in [-0.05, 0) is 37.5 Å². The number of aromatic nitrogens is 1. The topological polar surface area (TPSA) is 45.7 Å². The molecule has 2 heterocycles. The quantitative estimate of drug-likeness (QED) is 0.522. The number of fused-ring (bicyclic) bond motifs is 1. The van der Waals surface area contributed by atoms with Gasteiger partial charge in [0.2, 0.25) is 5.91 Å². The Balaban J connectivity index is 1.57. The van der Waals surface area contributed by atoms with Crippen molar-refractivity contribution in [3.05, 3.63) is 58.7 Å². The monoisotopic (exact) mass is 459 g/mol. The molecule has 0 unspecified atom stereocenters. The molecular formula is C24H27F2N3O2S. The SMILES string of the molecule is Cc1ccc(C)c(CC(=O)N(CCCN2CCOCC2)c2nc3c(F)cc(F)cc3s2)c1. The van der Waals surface area contributed by atoms with Crippen molar-refractivity contribution >= 4 is 32.6 Å². The first-order valence-corrected chi connectivity index (χ1v) is 11.6. The van der Waals surface area contributed by atoms with Gasteiger partial charge in [-0.1, -0.05) is 35.1 Å². The maximum atomic E-state index is 14.2. The van der Waals surface area contributed by atoms with Crippen molar-refractivity contribution < 1.29 is 18.3 Å². The van der Waals surface area contributed by atoms with Gasteiger partial charge in [0.25, 0.3) is 0 Å². The number of nitrogens with zero attached hydrogens (tertiary/aromatic N) is 3. The summed E-state index contributed by atoms with van der Waals surface area (Å²) in [5.41, 5.74) is 3.21. The zero-order valence-electron chi connectivity index (χ0n) is 18.4. The van der Waals surface area contributed by atoms with Crippen LogP contribution in [-0.4, -0.2) is 55.2 Å². The highest BCUT2D eigenvalue weighted by Crippen LogP contribution is 2.32. The van der Waals surface area contributed by atoms with Gasteiger partial charge in [0, 0.05) is 32.2 Å². The van der Waals surface area contributed by atoms with Crippen molar-refractivity contribution in [3.8, 4) is 0 Å². The number of carbonyl (C=O) groups excluding carboxylic acids is 1. The Labute approximate surface area is 190 Å². The van der Waals surface area contributed by atoms with Crippen LogP contribution in [0.4, 0.5) is 13.9 Å². The molecule has 1 aromatic heterocycles. The molecule has 1 aliphatic heterocycles. The van der Waals surface area contributed by atoms with Gasteiger partial charge in [0.05, 0.1) is 24.3 Å². The van der Waals surface area contributed by atoms with Gasteiger partial charge in [-0.2, -0.15) is 0 Å². The number of rotatable bonds is 7. The van der Waals surface area contributed by atoms with Crippen LogP contribution in [0.3, 0.4) is 0 Å². The van der Waals surface area contributed by atoms with Gasteiger partial charge in [0.15, 0.2) is 10.9 Å². The molecule has 0 spiro atoms. The molecule has 1 fully saturated rings. The highest BCUT2D eigenvalue weighted by molar-refractivity contribution is 7.22. The first kappa shape index (κ1) is 22.8. The van der Waals surface area contributed by atoms with Crippen LogP contribution < -0.4 is 4.90 Å². The molecule has 170 valence electrons. The summed E-state index contributed by atoms with van der Waals surface area (Å²) >= 11 is 1.15. The van der Waals surface area contributed by atoms with Gasteiger partial charge in [-0.15, -0.1) is 0 Å². The number of morpholine rings is 1. The standard InChI is InChI=1S/C24H27F2N3O2S/c1-16-4-5-17(2)18(12-16)13-22(30)29(7-3-6-28-8-10-31-11-9-28)24-27-23-20(26)14-19(25)15-21(23)32-24/h4-5,12,14-15H,3,6-11,13H2,1-2H3. The second-order valence-corrected chi connectivity index (χ2v) is 9.20. The average molecular weight is 460 g/mol. The number of halogens is 2. The molecule has 1 saturated heterocycles. The second-order valence-electron chi connectivity index (χ2n) is 8.19. The Morgan fingerprint density at radius 3 is 2.75 bits per heavy atom. The van der Waals surface area contributed by atoms with E-state index in [-0.39, 0.29) is 17.8 Å². The molecule has 4 rings (SSSR count). The van der Waals surface area contributed by atoms with Crippen molar-refractivity contribution in [2.75, 3.05) is 44.3 Å². The zero-order valence-corrected chi connectivity index (χ0v) is 19.2. The highest BCUT2D eigenvalue weighted by atomic mass is 32.1. The van der Waals surface area contributed by atoms with Gasteiger partial charge in [-0.3, -0.25) is 14.6 Å². The van der Waals surface area contributed by atoms with Crippen molar-refractivity contribution in [1.29, 1.82) is 0 Å². The summed E-state index contributed by atoms with van der Waals surface area (Å²) in [5.74, 6) is -1.45. The number of carbonyl (C=O) groups is 1. The Morgan fingerprint density at radius 2 is 1.97 bits per heavy atom. The molecule has 5 nitrogen and oxygen atoms in total. The van der Waals surface area contributed by atoms with E-state index < -0.39 is 11.6 Å². The zero-order chi connectivity index (χ0) is 22.7. The Bertz CT molecular complexity index is 1110. The van der Waals surface area contributed by atoms with E-state index in [4.69, 9.17) is 4.74 Å². The van der Waals surface area contributed by atoms with Crippen LogP contribution in [0, 0.1) is 25.5 Å². The molecule has 0 radical (unpaired) electrons. The van der Waals surface area contributed by atoms with Gasteiger partial charge >= 0.3 is 0 Å². The third-order valence-corrected chi connectivity index (χ3v) is 6.77. The van der Waals surface area contributed by atoms with E-state index in [0.717, 1.165) is 73.4 Å². The van der Waals surface area contributed by atoms with Gasteiger partial charge in [-0.25, -0.2) is 13.8 Å². The molecule has 32 heavy (non-hydrogen) atoms. The first-order valence-electron chi connectivity index (χ1n) is 10.8. The Hall–Kier alpha value is -2.42. The minimum Gasteiger partial charge on any atom is -0.379 e. The number of benzene rings is 2. The minimum atomic E-state index is -0.710. The first-order chi connectivity index (χ1) is 15.4. The third-order valence-electron chi connectivity index (χ3n) is 5.74.